The number of benzene rings is 2. The van der Waals surface area contributed by atoms with Crippen molar-refractivity contribution in [3.05, 3.63) is 89.1 Å². The molecule has 9 heteroatoms. The average Bonchev–Trinajstić information content (AvgIpc) is 3.24. The van der Waals surface area contributed by atoms with Gasteiger partial charge in [0.25, 0.3) is 5.56 Å². The fourth-order valence-electron chi connectivity index (χ4n) is 3.57. The van der Waals surface area contributed by atoms with E-state index in [1.54, 1.807) is 6.20 Å². The Morgan fingerprint density at radius 2 is 1.68 bits per heavy atom. The zero-order chi connectivity index (χ0) is 21.4. The Kier molecular flexibility index (Phi) is 4.47. The molecule has 0 aliphatic carbocycles. The van der Waals surface area contributed by atoms with Crippen LogP contribution in [0.4, 0.5) is 0 Å². The lowest BCUT2D eigenvalue weighted by atomic mass is 10.1. The average molecular weight is 412 g/mol. The molecule has 3 aromatic heterocycles. The van der Waals surface area contributed by atoms with E-state index in [-0.39, 0.29) is 17.6 Å². The van der Waals surface area contributed by atoms with Crippen molar-refractivity contribution in [2.24, 2.45) is 0 Å². The SMILES string of the molecule is O=C(O)C(Cc1ccccc1)n1cnc2c(nnc3c(-c4ccccc4)cnn32)c1=O. The molecular weight excluding hydrogens is 396 g/mol. The number of hydrogen-bond donors (Lipinski definition) is 1. The van der Waals surface area contributed by atoms with Gasteiger partial charge in [0, 0.05) is 12.0 Å². The van der Waals surface area contributed by atoms with Crippen LogP contribution < -0.4 is 5.56 Å². The van der Waals surface area contributed by atoms with Crippen molar-refractivity contribution >= 4 is 22.8 Å². The summed E-state index contributed by atoms with van der Waals surface area (Å²) >= 11 is 0. The van der Waals surface area contributed by atoms with E-state index in [0.29, 0.717) is 5.65 Å². The molecular formula is C22H16N6O3. The monoisotopic (exact) mass is 412 g/mol. The van der Waals surface area contributed by atoms with Crippen molar-refractivity contribution in [3.8, 4) is 11.1 Å². The van der Waals surface area contributed by atoms with Crippen LogP contribution >= 0.6 is 0 Å². The first-order chi connectivity index (χ1) is 15.1. The predicted molar refractivity (Wildman–Crippen MR) is 113 cm³/mol. The van der Waals surface area contributed by atoms with Crippen LogP contribution in [0, 0.1) is 0 Å². The first-order valence-corrected chi connectivity index (χ1v) is 9.57. The molecule has 1 atom stereocenters. The summed E-state index contributed by atoms with van der Waals surface area (Å²) in [4.78, 5) is 29.3. The number of carboxylic acid groups (broad SMARTS) is 1. The van der Waals surface area contributed by atoms with E-state index in [1.807, 2.05) is 60.7 Å². The van der Waals surface area contributed by atoms with Crippen LogP contribution in [0.2, 0.25) is 0 Å². The second kappa shape index (κ2) is 7.45. The van der Waals surface area contributed by atoms with E-state index in [9.17, 15) is 14.7 Å². The molecule has 0 amide bonds. The third-order valence-electron chi connectivity index (χ3n) is 5.12. The number of carboxylic acids is 1. The largest absolute Gasteiger partial charge is 0.480 e. The number of aromatic nitrogens is 6. The number of rotatable bonds is 5. The molecule has 0 fully saturated rings. The molecule has 1 unspecified atom stereocenters. The second-order valence-electron chi connectivity index (χ2n) is 7.03. The Hall–Kier alpha value is -4.40. The van der Waals surface area contributed by atoms with Crippen LogP contribution in [0.25, 0.3) is 27.9 Å². The lowest BCUT2D eigenvalue weighted by Crippen LogP contribution is -2.32. The maximum atomic E-state index is 13.1. The van der Waals surface area contributed by atoms with Crippen molar-refractivity contribution in [1.29, 1.82) is 0 Å². The van der Waals surface area contributed by atoms with Gasteiger partial charge in [0.2, 0.25) is 0 Å². The van der Waals surface area contributed by atoms with Crippen LogP contribution in [0.5, 0.6) is 0 Å². The molecule has 5 aromatic rings. The van der Waals surface area contributed by atoms with Gasteiger partial charge in [0.15, 0.2) is 16.8 Å². The Morgan fingerprint density at radius 1 is 0.968 bits per heavy atom. The Morgan fingerprint density at radius 3 is 2.39 bits per heavy atom. The van der Waals surface area contributed by atoms with E-state index in [2.05, 4.69) is 20.3 Å². The summed E-state index contributed by atoms with van der Waals surface area (Å²) in [6.07, 6.45) is 3.01. The summed E-state index contributed by atoms with van der Waals surface area (Å²) in [6.45, 7) is 0. The summed E-state index contributed by atoms with van der Waals surface area (Å²) < 4.78 is 2.53. The highest BCUT2D eigenvalue weighted by Crippen LogP contribution is 2.23. The molecule has 152 valence electrons. The second-order valence-corrected chi connectivity index (χ2v) is 7.03. The van der Waals surface area contributed by atoms with Gasteiger partial charge >= 0.3 is 5.97 Å². The lowest BCUT2D eigenvalue weighted by molar-refractivity contribution is -0.141. The highest BCUT2D eigenvalue weighted by atomic mass is 16.4. The van der Waals surface area contributed by atoms with Gasteiger partial charge in [-0.25, -0.2) is 9.78 Å². The van der Waals surface area contributed by atoms with E-state index in [4.69, 9.17) is 0 Å². The van der Waals surface area contributed by atoms with Crippen molar-refractivity contribution < 1.29 is 9.90 Å². The zero-order valence-corrected chi connectivity index (χ0v) is 16.2. The Labute approximate surface area is 175 Å². The maximum Gasteiger partial charge on any atom is 0.327 e. The molecule has 0 aliphatic rings. The number of fused-ring (bicyclic) bond motifs is 3. The smallest absolute Gasteiger partial charge is 0.327 e. The van der Waals surface area contributed by atoms with E-state index < -0.39 is 17.6 Å². The first kappa shape index (κ1) is 18.6. The molecule has 0 spiro atoms. The minimum atomic E-state index is -1.13. The van der Waals surface area contributed by atoms with E-state index >= 15 is 0 Å². The van der Waals surface area contributed by atoms with E-state index in [1.165, 1.54) is 10.8 Å². The molecule has 0 aliphatic heterocycles. The van der Waals surface area contributed by atoms with Gasteiger partial charge in [-0.3, -0.25) is 9.36 Å². The molecule has 3 heterocycles. The molecule has 1 N–H and O–H groups in total. The Balaban J connectivity index is 1.63. The normalized spacial score (nSPS) is 12.3. The van der Waals surface area contributed by atoms with Gasteiger partial charge in [0.05, 0.1) is 6.20 Å². The van der Waals surface area contributed by atoms with Gasteiger partial charge in [-0.05, 0) is 11.1 Å². The molecule has 9 nitrogen and oxygen atoms in total. The molecule has 31 heavy (non-hydrogen) atoms. The third kappa shape index (κ3) is 3.21. The molecule has 0 bridgehead atoms. The highest BCUT2D eigenvalue weighted by Gasteiger charge is 2.24. The van der Waals surface area contributed by atoms with Crippen LogP contribution in [0.15, 0.2) is 78.0 Å². The van der Waals surface area contributed by atoms with Crippen LogP contribution in [-0.4, -0.2) is 40.4 Å². The maximum absolute atomic E-state index is 13.1. The third-order valence-corrected chi connectivity index (χ3v) is 5.12. The molecule has 0 saturated heterocycles. The molecule has 0 radical (unpaired) electrons. The minimum absolute atomic E-state index is 0.0444. The van der Waals surface area contributed by atoms with Gasteiger partial charge in [-0.15, -0.1) is 10.2 Å². The van der Waals surface area contributed by atoms with Crippen LogP contribution in [0.3, 0.4) is 0 Å². The van der Waals surface area contributed by atoms with Crippen molar-refractivity contribution in [1.82, 2.24) is 29.4 Å². The van der Waals surface area contributed by atoms with Gasteiger partial charge in [-0.2, -0.15) is 9.61 Å². The highest BCUT2D eigenvalue weighted by molar-refractivity contribution is 5.81. The van der Waals surface area contributed by atoms with Crippen molar-refractivity contribution in [3.63, 3.8) is 0 Å². The van der Waals surface area contributed by atoms with Crippen molar-refractivity contribution in [2.75, 3.05) is 0 Å². The quantitative estimate of drug-likeness (QED) is 0.471. The first-order valence-electron chi connectivity index (χ1n) is 9.57. The van der Waals surface area contributed by atoms with Crippen LogP contribution in [0.1, 0.15) is 11.6 Å². The predicted octanol–water partition coefficient (Wildman–Crippen LogP) is 2.37. The lowest BCUT2D eigenvalue weighted by Gasteiger charge is -2.15. The topological polar surface area (TPSA) is 115 Å². The Bertz CT molecular complexity index is 1460. The number of aliphatic carboxylic acids is 1. The van der Waals surface area contributed by atoms with Gasteiger partial charge in [0.1, 0.15) is 12.4 Å². The summed E-state index contributed by atoms with van der Waals surface area (Å²) in [5.74, 6) is -1.13. The van der Waals surface area contributed by atoms with Gasteiger partial charge < -0.3 is 5.11 Å². The fourth-order valence-corrected chi connectivity index (χ4v) is 3.57. The van der Waals surface area contributed by atoms with E-state index in [0.717, 1.165) is 21.3 Å². The minimum Gasteiger partial charge on any atom is -0.480 e. The summed E-state index contributed by atoms with van der Waals surface area (Å²) in [5, 5.41) is 22.3. The molecule has 0 saturated carbocycles. The number of hydrogen-bond acceptors (Lipinski definition) is 6. The molecule has 2 aromatic carbocycles. The zero-order valence-electron chi connectivity index (χ0n) is 16.2. The molecule has 5 rings (SSSR count). The van der Waals surface area contributed by atoms with Gasteiger partial charge in [-0.1, -0.05) is 60.7 Å². The van der Waals surface area contributed by atoms with Crippen LogP contribution in [-0.2, 0) is 11.2 Å². The standard InChI is InChI=1S/C22H16N6O3/c29-21-18-20(23-13-27(21)17(22(30)31)11-14-7-3-1-4-8-14)28-19(26-25-18)16(12-24-28)15-9-5-2-6-10-15/h1-10,12-13,17H,11H2,(H,30,31). The van der Waals surface area contributed by atoms with Crippen molar-refractivity contribution in [2.45, 2.75) is 12.5 Å². The number of carbonyl (C=O) groups is 1. The summed E-state index contributed by atoms with van der Waals surface area (Å²) in [7, 11) is 0. The fraction of sp³-hybridized carbons (Fsp3) is 0.0909. The summed E-state index contributed by atoms with van der Waals surface area (Å²) in [6, 6.07) is 17.6. The number of nitrogens with zero attached hydrogens (tertiary/aromatic N) is 6. The summed E-state index contributed by atoms with van der Waals surface area (Å²) in [5.41, 5.74) is 2.51.